The molecule has 0 aliphatic carbocycles. The summed E-state index contributed by atoms with van der Waals surface area (Å²) < 4.78 is 5.22. The highest BCUT2D eigenvalue weighted by Crippen LogP contribution is 2.18. The Labute approximate surface area is 168 Å². The summed E-state index contributed by atoms with van der Waals surface area (Å²) >= 11 is 5.81. The number of nitrogens with zero attached hydrogens (tertiary/aromatic N) is 1. The van der Waals surface area contributed by atoms with Crippen LogP contribution in [0.2, 0.25) is 5.02 Å². The number of unbranched alkanes of at least 4 members (excludes halogenated alkanes) is 1. The first kappa shape index (κ1) is 21.0. The smallest absolute Gasteiger partial charge is 0.340 e. The molecule has 0 unspecified atom stereocenters. The number of anilines is 2. The minimum Gasteiger partial charge on any atom is -0.462 e. The van der Waals surface area contributed by atoms with Crippen molar-refractivity contribution >= 4 is 34.9 Å². The molecule has 1 amide bonds. The lowest BCUT2D eigenvalue weighted by atomic mass is 10.1. The van der Waals surface area contributed by atoms with Gasteiger partial charge < -0.3 is 15.4 Å². The first-order valence-electron chi connectivity index (χ1n) is 8.75. The Bertz CT molecular complexity index is 902. The second-order valence-corrected chi connectivity index (χ2v) is 6.25. The molecule has 0 bridgehead atoms. The molecule has 28 heavy (non-hydrogen) atoms. The van der Waals surface area contributed by atoms with Crippen molar-refractivity contribution in [2.75, 3.05) is 17.2 Å². The van der Waals surface area contributed by atoms with Crippen LogP contribution < -0.4 is 10.6 Å². The molecule has 2 aromatic rings. The zero-order valence-corrected chi connectivity index (χ0v) is 16.1. The summed E-state index contributed by atoms with van der Waals surface area (Å²) in [6.07, 6.45) is 2.96. The van der Waals surface area contributed by atoms with Crippen LogP contribution in [0.4, 0.5) is 11.4 Å². The van der Waals surface area contributed by atoms with Gasteiger partial charge in [-0.2, -0.15) is 5.26 Å². The third kappa shape index (κ3) is 6.15. The molecule has 6 nitrogen and oxygen atoms in total. The summed E-state index contributed by atoms with van der Waals surface area (Å²) in [7, 11) is 0. The summed E-state index contributed by atoms with van der Waals surface area (Å²) in [4.78, 5) is 24.5. The maximum absolute atomic E-state index is 12.3. The van der Waals surface area contributed by atoms with E-state index in [2.05, 4.69) is 10.6 Å². The number of nitriles is 1. The molecular weight excluding hydrogens is 378 g/mol. The highest BCUT2D eigenvalue weighted by atomic mass is 35.5. The molecular formula is C21H20ClN3O3. The fraction of sp³-hybridized carbons (Fsp3) is 0.190. The normalized spacial score (nSPS) is 10.7. The van der Waals surface area contributed by atoms with Gasteiger partial charge in [-0.1, -0.05) is 37.1 Å². The molecule has 0 radical (unpaired) electrons. The largest absolute Gasteiger partial charge is 0.462 e. The third-order valence-corrected chi connectivity index (χ3v) is 3.97. The molecule has 2 aromatic carbocycles. The molecule has 7 heteroatoms. The van der Waals surface area contributed by atoms with Gasteiger partial charge in [0, 0.05) is 16.9 Å². The molecule has 0 spiro atoms. The number of carbonyl (C=O) groups is 2. The lowest BCUT2D eigenvalue weighted by Gasteiger charge is -2.10. The molecule has 144 valence electrons. The molecule has 0 saturated carbocycles. The van der Waals surface area contributed by atoms with E-state index in [0.29, 0.717) is 28.6 Å². The predicted molar refractivity (Wildman–Crippen MR) is 109 cm³/mol. The lowest BCUT2D eigenvalue weighted by molar-refractivity contribution is -0.112. The van der Waals surface area contributed by atoms with Crippen LogP contribution in [0.1, 0.15) is 30.1 Å². The minimum atomic E-state index is -0.583. The molecule has 0 heterocycles. The van der Waals surface area contributed by atoms with Gasteiger partial charge in [0.05, 0.1) is 17.9 Å². The van der Waals surface area contributed by atoms with Crippen molar-refractivity contribution in [3.05, 3.63) is 70.9 Å². The average molecular weight is 398 g/mol. The molecule has 2 rings (SSSR count). The van der Waals surface area contributed by atoms with E-state index in [1.165, 1.54) is 6.20 Å². The van der Waals surface area contributed by atoms with E-state index in [0.717, 1.165) is 12.8 Å². The summed E-state index contributed by atoms with van der Waals surface area (Å²) in [6.45, 7) is 2.35. The molecule has 0 saturated heterocycles. The molecule has 2 N–H and O–H groups in total. The first-order valence-corrected chi connectivity index (χ1v) is 9.12. The predicted octanol–water partition coefficient (Wildman–Crippen LogP) is 4.75. The van der Waals surface area contributed by atoms with E-state index < -0.39 is 11.9 Å². The van der Waals surface area contributed by atoms with E-state index in [1.54, 1.807) is 48.5 Å². The van der Waals surface area contributed by atoms with E-state index >= 15 is 0 Å². The highest BCUT2D eigenvalue weighted by molar-refractivity contribution is 6.30. The van der Waals surface area contributed by atoms with Crippen LogP contribution in [0, 0.1) is 11.3 Å². The Morgan fingerprint density at radius 1 is 1.18 bits per heavy atom. The number of hydrogen-bond acceptors (Lipinski definition) is 5. The van der Waals surface area contributed by atoms with Crippen LogP contribution in [-0.4, -0.2) is 18.5 Å². The third-order valence-electron chi connectivity index (χ3n) is 3.72. The number of ether oxygens (including phenoxy) is 1. The van der Waals surface area contributed by atoms with Gasteiger partial charge in [-0.15, -0.1) is 0 Å². The van der Waals surface area contributed by atoms with Gasteiger partial charge >= 0.3 is 5.97 Å². The van der Waals surface area contributed by atoms with Crippen molar-refractivity contribution in [2.45, 2.75) is 19.8 Å². The zero-order chi connectivity index (χ0) is 20.4. The van der Waals surface area contributed by atoms with Crippen molar-refractivity contribution < 1.29 is 14.3 Å². The van der Waals surface area contributed by atoms with Gasteiger partial charge in [-0.3, -0.25) is 4.79 Å². The van der Waals surface area contributed by atoms with Crippen LogP contribution >= 0.6 is 11.6 Å². The minimum absolute atomic E-state index is 0.149. The lowest BCUT2D eigenvalue weighted by Crippen LogP contribution is -2.15. The van der Waals surface area contributed by atoms with Crippen LogP contribution in [-0.2, 0) is 9.53 Å². The number of rotatable bonds is 8. The van der Waals surface area contributed by atoms with Crippen molar-refractivity contribution in [1.82, 2.24) is 0 Å². The van der Waals surface area contributed by atoms with E-state index in [4.69, 9.17) is 16.3 Å². The van der Waals surface area contributed by atoms with Gasteiger partial charge in [0.1, 0.15) is 11.6 Å². The molecule has 0 aliphatic heterocycles. The summed E-state index contributed by atoms with van der Waals surface area (Å²) in [5.41, 5.74) is 1.13. The van der Waals surface area contributed by atoms with Gasteiger partial charge in [0.2, 0.25) is 0 Å². The number of carbonyl (C=O) groups excluding carboxylic acids is 2. The Morgan fingerprint density at radius 3 is 2.57 bits per heavy atom. The first-order chi connectivity index (χ1) is 13.5. The van der Waals surface area contributed by atoms with Gasteiger partial charge in [0.15, 0.2) is 0 Å². The number of amides is 1. The molecule has 0 aromatic heterocycles. The van der Waals surface area contributed by atoms with Crippen LogP contribution in [0.5, 0.6) is 0 Å². The summed E-state index contributed by atoms with van der Waals surface area (Å²) in [5.74, 6) is -1.05. The molecule has 0 aliphatic rings. The van der Waals surface area contributed by atoms with Gasteiger partial charge in [-0.05, 0) is 42.8 Å². The van der Waals surface area contributed by atoms with Gasteiger partial charge in [-0.25, -0.2) is 4.79 Å². The summed E-state index contributed by atoms with van der Waals surface area (Å²) in [6, 6.07) is 15.1. The number of esters is 1. The number of nitrogens with one attached hydrogen (secondary N) is 2. The maximum atomic E-state index is 12.3. The second-order valence-electron chi connectivity index (χ2n) is 5.81. The Morgan fingerprint density at radius 2 is 1.89 bits per heavy atom. The highest BCUT2D eigenvalue weighted by Gasteiger charge is 2.13. The fourth-order valence-corrected chi connectivity index (χ4v) is 2.33. The van der Waals surface area contributed by atoms with Crippen molar-refractivity contribution in [3.63, 3.8) is 0 Å². The van der Waals surface area contributed by atoms with Crippen LogP contribution in [0.25, 0.3) is 0 Å². The number of halogens is 1. The van der Waals surface area contributed by atoms with E-state index in [-0.39, 0.29) is 5.57 Å². The maximum Gasteiger partial charge on any atom is 0.340 e. The van der Waals surface area contributed by atoms with E-state index in [9.17, 15) is 14.9 Å². The number of hydrogen-bond donors (Lipinski definition) is 2. The Balaban J connectivity index is 2.10. The quantitative estimate of drug-likeness (QED) is 0.290. The fourth-order valence-electron chi connectivity index (χ4n) is 2.20. The Kier molecular flexibility index (Phi) is 8.07. The monoisotopic (exact) mass is 397 g/mol. The second kappa shape index (κ2) is 10.8. The van der Waals surface area contributed by atoms with Crippen molar-refractivity contribution in [1.29, 1.82) is 5.26 Å². The van der Waals surface area contributed by atoms with Crippen LogP contribution in [0.3, 0.4) is 0 Å². The number of benzene rings is 2. The van der Waals surface area contributed by atoms with Crippen molar-refractivity contribution in [2.24, 2.45) is 0 Å². The van der Waals surface area contributed by atoms with Gasteiger partial charge in [0.25, 0.3) is 5.91 Å². The standard InChI is InChI=1S/C21H20ClN3O3/c1-2-3-12-28-21(27)18-6-4-5-7-19(18)24-14-15(13-23)20(26)25-17-10-8-16(22)9-11-17/h4-11,14,24H,2-3,12H2,1H3,(H,25,26)/b15-14-. The molecule has 0 fully saturated rings. The topological polar surface area (TPSA) is 91.2 Å². The van der Waals surface area contributed by atoms with Crippen molar-refractivity contribution in [3.8, 4) is 6.07 Å². The summed E-state index contributed by atoms with van der Waals surface area (Å²) in [5, 5.41) is 15.3. The Hall–Kier alpha value is -3.30. The SMILES string of the molecule is CCCCOC(=O)c1ccccc1N/C=C(/C#N)C(=O)Nc1ccc(Cl)cc1. The number of para-hydroxylation sites is 1. The van der Waals surface area contributed by atoms with E-state index in [1.807, 2.05) is 13.0 Å². The molecule has 0 atom stereocenters. The zero-order valence-electron chi connectivity index (χ0n) is 15.4. The van der Waals surface area contributed by atoms with Crippen LogP contribution in [0.15, 0.2) is 60.3 Å². The average Bonchev–Trinajstić information content (AvgIpc) is 2.70.